The lowest BCUT2D eigenvalue weighted by Gasteiger charge is -2.13. The molecule has 2 heterocycles. The number of aromatic hydroxyl groups is 1. The third-order valence-corrected chi connectivity index (χ3v) is 6.20. The number of aromatic nitrogens is 1. The second-order valence-corrected chi connectivity index (χ2v) is 9.00. The Labute approximate surface area is 135 Å². The average molecular weight is 335 g/mol. The van der Waals surface area contributed by atoms with Crippen LogP contribution in [-0.4, -0.2) is 35.6 Å². The van der Waals surface area contributed by atoms with Gasteiger partial charge in [0.25, 0.3) is 0 Å². The molecule has 7 heteroatoms. The first-order chi connectivity index (χ1) is 10.7. The summed E-state index contributed by atoms with van der Waals surface area (Å²) in [5.74, 6) is 0.455. The van der Waals surface area contributed by atoms with Crippen molar-refractivity contribution in [3.8, 4) is 5.88 Å². The van der Waals surface area contributed by atoms with Crippen molar-refractivity contribution in [3.63, 3.8) is 0 Å². The molecule has 0 aliphatic carbocycles. The predicted octanol–water partition coefficient (Wildman–Crippen LogP) is 3.66. The number of hydrogen-bond acceptors (Lipinski definition) is 5. The third kappa shape index (κ3) is 3.10. The van der Waals surface area contributed by atoms with E-state index in [-0.39, 0.29) is 17.4 Å². The molecule has 6 nitrogen and oxygen atoms in total. The summed E-state index contributed by atoms with van der Waals surface area (Å²) in [6, 6.07) is 5.90. The number of rotatable bonds is 3. The Balaban J connectivity index is 2.01. The van der Waals surface area contributed by atoms with Crippen LogP contribution in [0.3, 0.4) is 0 Å². The molecule has 1 aliphatic rings. The number of hydrogen-bond donors (Lipinski definition) is 2. The van der Waals surface area contributed by atoms with Gasteiger partial charge in [-0.3, -0.25) is 0 Å². The summed E-state index contributed by atoms with van der Waals surface area (Å²) in [6.45, 7) is 5.98. The van der Waals surface area contributed by atoms with E-state index < -0.39 is 15.4 Å². The van der Waals surface area contributed by atoms with Crippen molar-refractivity contribution in [2.45, 2.75) is 38.6 Å². The number of azo groups is 1. The van der Waals surface area contributed by atoms with Gasteiger partial charge in [0.1, 0.15) is 0 Å². The minimum Gasteiger partial charge on any atom is -0.493 e. The predicted molar refractivity (Wildman–Crippen MR) is 90.2 cm³/mol. The number of nitrogens with zero attached hydrogens (tertiary/aromatic N) is 2. The van der Waals surface area contributed by atoms with Gasteiger partial charge >= 0.3 is 0 Å². The maximum Gasteiger partial charge on any atom is 0.218 e. The zero-order valence-corrected chi connectivity index (χ0v) is 14.3. The van der Waals surface area contributed by atoms with E-state index in [1.807, 2.05) is 18.2 Å². The Kier molecular flexibility index (Phi) is 3.71. The second kappa shape index (κ2) is 5.33. The first-order valence-corrected chi connectivity index (χ1v) is 9.49. The van der Waals surface area contributed by atoms with E-state index in [1.165, 1.54) is 0 Å². The summed E-state index contributed by atoms with van der Waals surface area (Å²) in [5.41, 5.74) is 1.57. The van der Waals surface area contributed by atoms with Crippen molar-refractivity contribution in [2.24, 2.45) is 10.2 Å². The van der Waals surface area contributed by atoms with Crippen LogP contribution in [0.25, 0.3) is 10.9 Å². The maximum absolute atomic E-state index is 11.6. The lowest BCUT2D eigenvalue weighted by atomic mass is 10.0. The van der Waals surface area contributed by atoms with E-state index in [2.05, 4.69) is 29.1 Å². The fraction of sp³-hybridized carbons (Fsp3) is 0.500. The van der Waals surface area contributed by atoms with Crippen molar-refractivity contribution in [3.05, 3.63) is 23.8 Å². The molecule has 2 aromatic rings. The molecule has 1 saturated heterocycles. The molecule has 0 radical (unpaired) electrons. The zero-order chi connectivity index (χ0) is 16.8. The topological polar surface area (TPSA) is 94.9 Å². The van der Waals surface area contributed by atoms with Crippen molar-refractivity contribution in [2.75, 3.05) is 11.5 Å². The molecule has 0 spiro atoms. The molecule has 124 valence electrons. The van der Waals surface area contributed by atoms with Crippen molar-refractivity contribution in [1.29, 1.82) is 0 Å². The highest BCUT2D eigenvalue weighted by Crippen LogP contribution is 2.38. The molecular weight excluding hydrogens is 314 g/mol. The van der Waals surface area contributed by atoms with Gasteiger partial charge in [-0.25, -0.2) is 8.42 Å². The molecule has 0 unspecified atom stereocenters. The van der Waals surface area contributed by atoms with Crippen molar-refractivity contribution >= 4 is 26.4 Å². The van der Waals surface area contributed by atoms with Crippen LogP contribution in [0.5, 0.6) is 5.88 Å². The largest absolute Gasteiger partial charge is 0.493 e. The van der Waals surface area contributed by atoms with Gasteiger partial charge in [-0.15, -0.1) is 5.11 Å². The molecule has 1 fully saturated rings. The quantitative estimate of drug-likeness (QED) is 0.838. The molecule has 2 N–H and O–H groups in total. The van der Waals surface area contributed by atoms with Crippen LogP contribution in [0.2, 0.25) is 0 Å². The van der Waals surface area contributed by atoms with Crippen LogP contribution in [-0.2, 0) is 9.84 Å². The van der Waals surface area contributed by atoms with Gasteiger partial charge in [-0.05, 0) is 37.0 Å². The van der Waals surface area contributed by atoms with Crippen molar-refractivity contribution in [1.82, 2.24) is 4.98 Å². The van der Waals surface area contributed by atoms with Gasteiger partial charge in [0.2, 0.25) is 5.88 Å². The van der Waals surface area contributed by atoms with E-state index in [0.717, 1.165) is 16.5 Å². The third-order valence-electron chi connectivity index (χ3n) is 4.32. The minimum absolute atomic E-state index is 0.00383. The number of H-pyrrole nitrogens is 1. The van der Waals surface area contributed by atoms with Crippen LogP contribution in [0.15, 0.2) is 28.4 Å². The summed E-state index contributed by atoms with van der Waals surface area (Å²) < 4.78 is 23.3. The fourth-order valence-electron chi connectivity index (χ4n) is 2.88. The standard InChI is InChI=1S/C16H21N3O3S/c1-10(2)11-4-5-13-12(8-11)14(15(20)17-13)18-19-16(3)6-7-23(21,22)9-16/h4-5,8,10,17,20H,6-7,9H2,1-3H3/t16-/m0/s1. The molecule has 1 atom stereocenters. The second-order valence-electron chi connectivity index (χ2n) is 6.82. The number of fused-ring (bicyclic) bond motifs is 1. The average Bonchev–Trinajstić information content (AvgIpc) is 2.92. The van der Waals surface area contributed by atoms with Gasteiger partial charge in [0, 0.05) is 5.39 Å². The Hall–Kier alpha value is -1.89. The number of benzene rings is 1. The Morgan fingerprint density at radius 2 is 2.09 bits per heavy atom. The van der Waals surface area contributed by atoms with E-state index in [4.69, 9.17) is 0 Å². The van der Waals surface area contributed by atoms with Crippen LogP contribution in [0, 0.1) is 0 Å². The van der Waals surface area contributed by atoms with E-state index in [1.54, 1.807) is 6.92 Å². The van der Waals surface area contributed by atoms with Gasteiger partial charge in [-0.1, -0.05) is 19.9 Å². The van der Waals surface area contributed by atoms with Gasteiger partial charge in [-0.2, -0.15) is 5.11 Å². The van der Waals surface area contributed by atoms with Crippen LogP contribution in [0.4, 0.5) is 5.69 Å². The highest BCUT2D eigenvalue weighted by Gasteiger charge is 2.38. The summed E-state index contributed by atoms with van der Waals surface area (Å²) in [5, 5.41) is 19.3. The lowest BCUT2D eigenvalue weighted by molar-refractivity contribution is 0.457. The Morgan fingerprint density at radius 1 is 1.35 bits per heavy atom. The Bertz CT molecular complexity index is 883. The molecule has 0 saturated carbocycles. The monoisotopic (exact) mass is 335 g/mol. The summed E-state index contributed by atoms with van der Waals surface area (Å²) in [7, 11) is -3.04. The number of nitrogens with one attached hydrogen (secondary N) is 1. The maximum atomic E-state index is 11.6. The normalized spacial score (nSPS) is 24.2. The van der Waals surface area contributed by atoms with Crippen LogP contribution >= 0.6 is 0 Å². The molecule has 1 aromatic carbocycles. The summed E-state index contributed by atoms with van der Waals surface area (Å²) in [6.07, 6.45) is 0.458. The van der Waals surface area contributed by atoms with E-state index in [0.29, 0.717) is 18.0 Å². The van der Waals surface area contributed by atoms with E-state index in [9.17, 15) is 13.5 Å². The van der Waals surface area contributed by atoms with Gasteiger partial charge in [0.05, 0.1) is 22.6 Å². The van der Waals surface area contributed by atoms with Gasteiger partial charge < -0.3 is 10.1 Å². The lowest BCUT2D eigenvalue weighted by Crippen LogP contribution is -2.22. The van der Waals surface area contributed by atoms with Gasteiger partial charge in [0.15, 0.2) is 15.5 Å². The molecule has 0 amide bonds. The first-order valence-electron chi connectivity index (χ1n) is 7.67. The van der Waals surface area contributed by atoms with E-state index >= 15 is 0 Å². The minimum atomic E-state index is -3.04. The number of aromatic amines is 1. The zero-order valence-electron chi connectivity index (χ0n) is 13.5. The fourth-order valence-corrected chi connectivity index (χ4v) is 4.93. The molecule has 23 heavy (non-hydrogen) atoms. The smallest absolute Gasteiger partial charge is 0.218 e. The SMILES string of the molecule is CC(C)c1ccc2[nH]c(O)c(N=N[C@@]3(C)CCS(=O)(=O)C3)c2c1. The summed E-state index contributed by atoms with van der Waals surface area (Å²) >= 11 is 0. The highest BCUT2D eigenvalue weighted by molar-refractivity contribution is 7.91. The molecule has 1 aliphatic heterocycles. The van der Waals surface area contributed by atoms with Crippen LogP contribution < -0.4 is 0 Å². The Morgan fingerprint density at radius 3 is 2.70 bits per heavy atom. The molecule has 3 rings (SSSR count). The highest BCUT2D eigenvalue weighted by atomic mass is 32.2. The summed E-state index contributed by atoms with van der Waals surface area (Å²) in [4.78, 5) is 2.88. The molecule has 1 aromatic heterocycles. The molecular formula is C16H21N3O3S. The number of sulfone groups is 1. The van der Waals surface area contributed by atoms with Crippen LogP contribution in [0.1, 0.15) is 38.7 Å². The first kappa shape index (κ1) is 16.0. The molecule has 0 bridgehead atoms. The van der Waals surface area contributed by atoms with Crippen molar-refractivity contribution < 1.29 is 13.5 Å².